The molecule has 0 heterocycles. The van der Waals surface area contributed by atoms with Crippen LogP contribution in [0.5, 0.6) is 0 Å². The van der Waals surface area contributed by atoms with Crippen molar-refractivity contribution < 1.29 is 0 Å². The van der Waals surface area contributed by atoms with Crippen molar-refractivity contribution in [3.05, 3.63) is 95.1 Å². The normalized spacial score (nSPS) is 13.2. The summed E-state index contributed by atoms with van der Waals surface area (Å²) in [5, 5.41) is 5.42. The quantitative estimate of drug-likeness (QED) is 0.363. The minimum atomic E-state index is 1.03. The van der Waals surface area contributed by atoms with E-state index in [2.05, 4.69) is 85.8 Å². The van der Waals surface area contributed by atoms with Crippen molar-refractivity contribution >= 4 is 33.2 Å². The van der Waals surface area contributed by atoms with E-state index in [1.165, 1.54) is 49.4 Å². The van der Waals surface area contributed by atoms with Gasteiger partial charge < -0.3 is 0 Å². The number of benzene rings is 4. The molecule has 0 saturated heterocycles. The van der Waals surface area contributed by atoms with Gasteiger partial charge in [0.2, 0.25) is 0 Å². The van der Waals surface area contributed by atoms with Gasteiger partial charge in [0.15, 0.2) is 0 Å². The summed E-state index contributed by atoms with van der Waals surface area (Å²) in [6, 6.07) is 26.8. The zero-order chi connectivity index (χ0) is 16.8. The summed E-state index contributed by atoms with van der Waals surface area (Å²) >= 11 is 0. The van der Waals surface area contributed by atoms with Crippen LogP contribution in [0.3, 0.4) is 0 Å². The standard InChI is InChI=1S/C25H20/c1-2-17-13-21-12-11-18-7-5-6-10-23(18)25(21)24(14-17)22-15-19-8-3-4-9-20(19)16-22/h3-15H,2,16H2,1H3. The number of rotatable bonds is 2. The fourth-order valence-corrected chi connectivity index (χ4v) is 4.12. The van der Waals surface area contributed by atoms with E-state index in [1.807, 2.05) is 0 Å². The molecule has 0 aliphatic heterocycles. The Bertz CT molecular complexity index is 1150. The predicted octanol–water partition coefficient (Wildman–Crippen LogP) is 6.65. The van der Waals surface area contributed by atoms with Crippen LogP contribution in [0.2, 0.25) is 0 Å². The van der Waals surface area contributed by atoms with Gasteiger partial charge in [-0.3, -0.25) is 0 Å². The second kappa shape index (κ2) is 5.60. The Morgan fingerprint density at radius 1 is 0.800 bits per heavy atom. The van der Waals surface area contributed by atoms with Crippen molar-refractivity contribution in [2.75, 3.05) is 0 Å². The van der Waals surface area contributed by atoms with Crippen LogP contribution in [-0.2, 0) is 12.8 Å². The molecule has 0 fully saturated rings. The van der Waals surface area contributed by atoms with Crippen molar-refractivity contribution in [1.82, 2.24) is 0 Å². The van der Waals surface area contributed by atoms with Gasteiger partial charge in [-0.05, 0) is 62.2 Å². The molecule has 120 valence electrons. The highest BCUT2D eigenvalue weighted by molar-refractivity contribution is 6.14. The monoisotopic (exact) mass is 320 g/mol. The van der Waals surface area contributed by atoms with Crippen LogP contribution in [0.4, 0.5) is 0 Å². The highest BCUT2D eigenvalue weighted by Gasteiger charge is 2.17. The Labute approximate surface area is 148 Å². The van der Waals surface area contributed by atoms with Crippen LogP contribution < -0.4 is 0 Å². The minimum Gasteiger partial charge on any atom is -0.0619 e. The lowest BCUT2D eigenvalue weighted by Gasteiger charge is -2.13. The molecule has 0 atom stereocenters. The highest BCUT2D eigenvalue weighted by Crippen LogP contribution is 2.38. The van der Waals surface area contributed by atoms with E-state index < -0.39 is 0 Å². The Kier molecular flexibility index (Phi) is 3.24. The molecule has 0 aromatic heterocycles. The first-order chi connectivity index (χ1) is 12.3. The number of aryl methyl sites for hydroxylation is 1. The Hall–Kier alpha value is -2.86. The number of hydrogen-bond donors (Lipinski definition) is 0. The number of hydrogen-bond acceptors (Lipinski definition) is 0. The van der Waals surface area contributed by atoms with Crippen LogP contribution in [0, 0.1) is 0 Å². The largest absolute Gasteiger partial charge is 0.0619 e. The van der Waals surface area contributed by atoms with Crippen molar-refractivity contribution in [2.45, 2.75) is 19.8 Å². The first-order valence-corrected chi connectivity index (χ1v) is 9.07. The average Bonchev–Trinajstić information content (AvgIpc) is 3.11. The van der Waals surface area contributed by atoms with Crippen LogP contribution in [0.25, 0.3) is 33.2 Å². The maximum absolute atomic E-state index is 2.41. The van der Waals surface area contributed by atoms with Crippen molar-refractivity contribution in [1.29, 1.82) is 0 Å². The third kappa shape index (κ3) is 2.29. The van der Waals surface area contributed by atoms with Crippen LogP contribution in [0.15, 0.2) is 72.8 Å². The molecule has 4 aromatic carbocycles. The molecule has 0 spiro atoms. The second-order valence-electron chi connectivity index (χ2n) is 6.93. The van der Waals surface area contributed by atoms with Crippen molar-refractivity contribution in [3.63, 3.8) is 0 Å². The molecule has 25 heavy (non-hydrogen) atoms. The molecule has 0 N–H and O–H groups in total. The zero-order valence-electron chi connectivity index (χ0n) is 14.4. The summed E-state index contributed by atoms with van der Waals surface area (Å²) in [6.07, 6.45) is 4.48. The topological polar surface area (TPSA) is 0 Å². The SMILES string of the molecule is CCc1cc(C2=Cc3ccccc3C2)c2c(ccc3ccccc32)c1. The summed E-state index contributed by atoms with van der Waals surface area (Å²) < 4.78 is 0. The first kappa shape index (κ1) is 14.5. The fraction of sp³-hybridized carbons (Fsp3) is 0.120. The molecule has 0 heteroatoms. The van der Waals surface area contributed by atoms with E-state index >= 15 is 0 Å². The lowest BCUT2D eigenvalue weighted by atomic mass is 9.90. The van der Waals surface area contributed by atoms with Crippen molar-refractivity contribution in [3.8, 4) is 0 Å². The Morgan fingerprint density at radius 2 is 1.60 bits per heavy atom. The first-order valence-electron chi connectivity index (χ1n) is 9.07. The number of allylic oxidation sites excluding steroid dienone is 1. The minimum absolute atomic E-state index is 1.03. The summed E-state index contributed by atoms with van der Waals surface area (Å²) in [5.41, 5.74) is 7.07. The van der Waals surface area contributed by atoms with Gasteiger partial charge in [0.1, 0.15) is 0 Å². The van der Waals surface area contributed by atoms with Gasteiger partial charge in [-0.15, -0.1) is 0 Å². The third-order valence-corrected chi connectivity index (χ3v) is 5.42. The van der Waals surface area contributed by atoms with Crippen molar-refractivity contribution in [2.24, 2.45) is 0 Å². The van der Waals surface area contributed by atoms with Gasteiger partial charge >= 0.3 is 0 Å². The van der Waals surface area contributed by atoms with Gasteiger partial charge in [0.25, 0.3) is 0 Å². The zero-order valence-corrected chi connectivity index (χ0v) is 14.4. The third-order valence-electron chi connectivity index (χ3n) is 5.42. The maximum Gasteiger partial charge on any atom is -0.00134 e. The molecule has 5 rings (SSSR count). The fourth-order valence-electron chi connectivity index (χ4n) is 4.12. The van der Waals surface area contributed by atoms with Gasteiger partial charge in [0.05, 0.1) is 0 Å². The van der Waals surface area contributed by atoms with E-state index in [0.29, 0.717) is 0 Å². The summed E-state index contributed by atoms with van der Waals surface area (Å²) in [4.78, 5) is 0. The molecular formula is C25H20. The molecule has 0 bridgehead atoms. The summed E-state index contributed by atoms with van der Waals surface area (Å²) in [5.74, 6) is 0. The average molecular weight is 320 g/mol. The van der Waals surface area contributed by atoms with Crippen LogP contribution in [0.1, 0.15) is 29.2 Å². The van der Waals surface area contributed by atoms with E-state index in [-0.39, 0.29) is 0 Å². The maximum atomic E-state index is 2.41. The predicted molar refractivity (Wildman–Crippen MR) is 109 cm³/mol. The molecule has 0 unspecified atom stereocenters. The second-order valence-corrected chi connectivity index (χ2v) is 6.93. The molecular weight excluding hydrogens is 300 g/mol. The molecule has 1 aliphatic carbocycles. The summed E-state index contributed by atoms with van der Waals surface area (Å²) in [6.45, 7) is 2.24. The van der Waals surface area contributed by atoms with Gasteiger partial charge in [-0.2, -0.15) is 0 Å². The van der Waals surface area contributed by atoms with Gasteiger partial charge in [-0.25, -0.2) is 0 Å². The van der Waals surface area contributed by atoms with Crippen LogP contribution >= 0.6 is 0 Å². The lowest BCUT2D eigenvalue weighted by molar-refractivity contribution is 1.14. The van der Waals surface area contributed by atoms with E-state index in [1.54, 1.807) is 0 Å². The highest BCUT2D eigenvalue weighted by atomic mass is 14.2. The van der Waals surface area contributed by atoms with Gasteiger partial charge in [0, 0.05) is 0 Å². The molecule has 0 nitrogen and oxygen atoms in total. The smallest absolute Gasteiger partial charge is 0.00134 e. The molecule has 4 aromatic rings. The molecule has 1 aliphatic rings. The molecule has 0 saturated carbocycles. The molecule has 0 radical (unpaired) electrons. The molecule has 0 amide bonds. The lowest BCUT2D eigenvalue weighted by Crippen LogP contribution is -1.92. The van der Waals surface area contributed by atoms with E-state index in [9.17, 15) is 0 Å². The summed E-state index contributed by atoms with van der Waals surface area (Å²) in [7, 11) is 0. The van der Waals surface area contributed by atoms with Gasteiger partial charge in [-0.1, -0.05) is 85.8 Å². The van der Waals surface area contributed by atoms with E-state index in [0.717, 1.165) is 12.8 Å². The van der Waals surface area contributed by atoms with Crippen LogP contribution in [-0.4, -0.2) is 0 Å². The Morgan fingerprint density at radius 3 is 2.48 bits per heavy atom. The Balaban J connectivity index is 1.84. The van der Waals surface area contributed by atoms with E-state index in [4.69, 9.17) is 0 Å². The number of fused-ring (bicyclic) bond motifs is 4.